The molecule has 0 bridgehead atoms. The van der Waals surface area contributed by atoms with E-state index in [1.165, 1.54) is 5.56 Å². The standard InChI is InChI=1S/C14H24N8/c1-4-13-20-18-11-22(13)8-7-17-14(15-2)16-6-5-12-9-19-21(3)10-12/h9-11H,4-8H2,1-3H3,(H2,15,16,17). The van der Waals surface area contributed by atoms with Crippen molar-refractivity contribution in [1.29, 1.82) is 0 Å². The van der Waals surface area contributed by atoms with Crippen molar-refractivity contribution in [3.63, 3.8) is 0 Å². The lowest BCUT2D eigenvalue weighted by atomic mass is 10.2. The van der Waals surface area contributed by atoms with Crippen LogP contribution >= 0.6 is 0 Å². The van der Waals surface area contributed by atoms with Gasteiger partial charge in [0.05, 0.1) is 6.20 Å². The summed E-state index contributed by atoms with van der Waals surface area (Å²) in [7, 11) is 3.70. The summed E-state index contributed by atoms with van der Waals surface area (Å²) in [5.41, 5.74) is 1.21. The summed E-state index contributed by atoms with van der Waals surface area (Å²) in [5.74, 6) is 1.80. The zero-order valence-electron chi connectivity index (χ0n) is 13.5. The number of nitrogens with one attached hydrogen (secondary N) is 2. The minimum Gasteiger partial charge on any atom is -0.356 e. The first-order chi connectivity index (χ1) is 10.7. The lowest BCUT2D eigenvalue weighted by molar-refractivity contribution is 0.632. The monoisotopic (exact) mass is 304 g/mol. The second-order valence-electron chi connectivity index (χ2n) is 4.99. The van der Waals surface area contributed by atoms with E-state index in [1.54, 1.807) is 13.4 Å². The van der Waals surface area contributed by atoms with Crippen LogP contribution in [0.3, 0.4) is 0 Å². The molecule has 0 saturated carbocycles. The molecular weight excluding hydrogens is 280 g/mol. The van der Waals surface area contributed by atoms with E-state index in [4.69, 9.17) is 0 Å². The molecule has 0 amide bonds. The number of guanidine groups is 1. The molecule has 0 aromatic carbocycles. The molecule has 2 rings (SSSR count). The first-order valence-corrected chi connectivity index (χ1v) is 7.51. The van der Waals surface area contributed by atoms with Crippen LogP contribution in [0.15, 0.2) is 23.7 Å². The van der Waals surface area contributed by atoms with Gasteiger partial charge in [-0.3, -0.25) is 9.67 Å². The average Bonchev–Trinajstić information content (AvgIpc) is 3.14. The van der Waals surface area contributed by atoms with Crippen molar-refractivity contribution < 1.29 is 0 Å². The van der Waals surface area contributed by atoms with Gasteiger partial charge in [-0.1, -0.05) is 6.92 Å². The van der Waals surface area contributed by atoms with Gasteiger partial charge >= 0.3 is 0 Å². The molecule has 120 valence electrons. The maximum Gasteiger partial charge on any atom is 0.191 e. The molecule has 0 unspecified atom stereocenters. The highest BCUT2D eigenvalue weighted by Crippen LogP contribution is 1.96. The summed E-state index contributed by atoms with van der Waals surface area (Å²) in [6.45, 7) is 4.49. The molecule has 8 heteroatoms. The van der Waals surface area contributed by atoms with Crippen molar-refractivity contribution in [2.45, 2.75) is 26.3 Å². The average molecular weight is 304 g/mol. The molecule has 2 N–H and O–H groups in total. The van der Waals surface area contributed by atoms with E-state index in [0.717, 1.165) is 44.3 Å². The predicted octanol–water partition coefficient (Wildman–Crippen LogP) is -0.0183. The molecule has 2 aromatic rings. The van der Waals surface area contributed by atoms with E-state index in [-0.39, 0.29) is 0 Å². The summed E-state index contributed by atoms with van der Waals surface area (Å²) in [4.78, 5) is 4.22. The highest BCUT2D eigenvalue weighted by molar-refractivity contribution is 5.79. The van der Waals surface area contributed by atoms with Crippen LogP contribution in [0.5, 0.6) is 0 Å². The first kappa shape index (κ1) is 16.0. The summed E-state index contributed by atoms with van der Waals surface area (Å²) < 4.78 is 3.86. The van der Waals surface area contributed by atoms with Crippen molar-refractivity contribution in [3.05, 3.63) is 30.1 Å². The molecule has 0 saturated heterocycles. The molecule has 0 fully saturated rings. The fraction of sp³-hybridized carbons (Fsp3) is 0.571. The van der Waals surface area contributed by atoms with Crippen molar-refractivity contribution in [2.24, 2.45) is 12.0 Å². The molecule has 2 aromatic heterocycles. The number of aromatic nitrogens is 5. The Morgan fingerprint density at radius 3 is 2.82 bits per heavy atom. The van der Waals surface area contributed by atoms with Gasteiger partial charge in [0.15, 0.2) is 5.96 Å². The lowest BCUT2D eigenvalue weighted by Gasteiger charge is -2.12. The topological polar surface area (TPSA) is 84.9 Å². The van der Waals surface area contributed by atoms with Crippen LogP contribution in [0.1, 0.15) is 18.3 Å². The largest absolute Gasteiger partial charge is 0.356 e. The van der Waals surface area contributed by atoms with Crippen molar-refractivity contribution in [1.82, 2.24) is 35.2 Å². The summed E-state index contributed by atoms with van der Waals surface area (Å²) in [6, 6.07) is 0. The fourth-order valence-electron chi connectivity index (χ4n) is 2.18. The van der Waals surface area contributed by atoms with Crippen molar-refractivity contribution >= 4 is 5.96 Å². The van der Waals surface area contributed by atoms with Crippen LogP contribution in [-0.4, -0.2) is 50.6 Å². The Kier molecular flexibility index (Phi) is 5.93. The second-order valence-corrected chi connectivity index (χ2v) is 4.99. The van der Waals surface area contributed by atoms with Gasteiger partial charge in [-0.2, -0.15) is 5.10 Å². The van der Waals surface area contributed by atoms with Crippen LogP contribution in [0.2, 0.25) is 0 Å². The maximum absolute atomic E-state index is 4.22. The molecule has 8 nitrogen and oxygen atoms in total. The van der Waals surface area contributed by atoms with Crippen LogP contribution in [-0.2, 0) is 26.4 Å². The second kappa shape index (κ2) is 8.16. The summed E-state index contributed by atoms with van der Waals surface area (Å²) in [5, 5.41) is 18.7. The number of aryl methyl sites for hydroxylation is 2. The van der Waals surface area contributed by atoms with Crippen molar-refractivity contribution in [3.8, 4) is 0 Å². The molecule has 0 aliphatic heterocycles. The summed E-state index contributed by atoms with van der Waals surface area (Å²) >= 11 is 0. The van der Waals surface area contributed by atoms with Gasteiger partial charge in [-0.05, 0) is 12.0 Å². The highest BCUT2D eigenvalue weighted by Gasteiger charge is 2.02. The molecule has 0 aliphatic carbocycles. The molecule has 2 heterocycles. The van der Waals surface area contributed by atoms with Gasteiger partial charge in [0.2, 0.25) is 0 Å². The van der Waals surface area contributed by atoms with E-state index in [0.29, 0.717) is 0 Å². The Bertz CT molecular complexity index is 598. The Morgan fingerprint density at radius 2 is 2.14 bits per heavy atom. The molecule has 22 heavy (non-hydrogen) atoms. The normalized spacial score (nSPS) is 11.7. The first-order valence-electron chi connectivity index (χ1n) is 7.51. The van der Waals surface area contributed by atoms with Gasteiger partial charge in [0.25, 0.3) is 0 Å². The number of nitrogens with zero attached hydrogens (tertiary/aromatic N) is 6. The fourth-order valence-corrected chi connectivity index (χ4v) is 2.18. The minimum atomic E-state index is 0.775. The van der Waals surface area contributed by atoms with Gasteiger partial charge in [0, 0.05) is 46.3 Å². The van der Waals surface area contributed by atoms with Crippen LogP contribution < -0.4 is 10.6 Å². The molecule has 0 radical (unpaired) electrons. The number of hydrogen-bond acceptors (Lipinski definition) is 4. The molecule has 0 atom stereocenters. The van der Waals surface area contributed by atoms with Crippen LogP contribution in [0, 0.1) is 0 Å². The van der Waals surface area contributed by atoms with Crippen LogP contribution in [0.25, 0.3) is 0 Å². The SMILES string of the molecule is CCc1nncn1CCNC(=NC)NCCc1cnn(C)c1. The van der Waals surface area contributed by atoms with E-state index < -0.39 is 0 Å². The van der Waals surface area contributed by atoms with Gasteiger partial charge in [-0.25, -0.2) is 0 Å². The Morgan fingerprint density at radius 1 is 1.32 bits per heavy atom. The summed E-state index contributed by atoms with van der Waals surface area (Å²) in [6.07, 6.45) is 7.48. The Labute approximate surface area is 130 Å². The van der Waals surface area contributed by atoms with Gasteiger partial charge in [-0.15, -0.1) is 10.2 Å². The van der Waals surface area contributed by atoms with E-state index in [1.807, 2.05) is 24.1 Å². The van der Waals surface area contributed by atoms with Crippen LogP contribution in [0.4, 0.5) is 0 Å². The third kappa shape index (κ3) is 4.57. The Hall–Kier alpha value is -2.38. The minimum absolute atomic E-state index is 0.775. The highest BCUT2D eigenvalue weighted by atomic mass is 15.3. The number of aliphatic imine (C=N–C) groups is 1. The Balaban J connectivity index is 1.69. The molecule has 0 spiro atoms. The van der Waals surface area contributed by atoms with E-state index in [9.17, 15) is 0 Å². The number of hydrogen-bond donors (Lipinski definition) is 2. The van der Waals surface area contributed by atoms with Crippen molar-refractivity contribution in [2.75, 3.05) is 20.1 Å². The molecule has 0 aliphatic rings. The maximum atomic E-state index is 4.22. The third-order valence-electron chi connectivity index (χ3n) is 3.35. The quantitative estimate of drug-likeness (QED) is 0.555. The zero-order valence-corrected chi connectivity index (χ0v) is 13.5. The molecular formula is C14H24N8. The predicted molar refractivity (Wildman–Crippen MR) is 85.7 cm³/mol. The lowest BCUT2D eigenvalue weighted by Crippen LogP contribution is -2.39. The third-order valence-corrected chi connectivity index (χ3v) is 3.35. The van der Waals surface area contributed by atoms with Gasteiger partial charge in [0.1, 0.15) is 12.2 Å². The smallest absolute Gasteiger partial charge is 0.191 e. The zero-order chi connectivity index (χ0) is 15.8. The van der Waals surface area contributed by atoms with E-state index in [2.05, 4.69) is 42.4 Å². The van der Waals surface area contributed by atoms with Gasteiger partial charge < -0.3 is 15.2 Å². The number of rotatable bonds is 7. The van der Waals surface area contributed by atoms with E-state index >= 15 is 0 Å².